The smallest absolute Gasteiger partial charge is 0.183 e. The van der Waals surface area contributed by atoms with Gasteiger partial charge in [-0.25, -0.2) is 15.0 Å². The lowest BCUT2D eigenvalue weighted by molar-refractivity contribution is 0.523. The first-order valence-electron chi connectivity index (χ1n) is 9.44. The standard InChI is InChI=1S/C20H24N6S/c1-3-15-12-18(25-19(23-15)17-6-4-5-9-21-17)26-10-7-16(8-11-26)24-20-22-14(2)13-27-20/h4-6,9,12-13,16H,3,7-8,10-11H2,1-2H3,(H,22,24). The van der Waals surface area contributed by atoms with Gasteiger partial charge in [-0.2, -0.15) is 0 Å². The Kier molecular flexibility index (Phi) is 5.29. The fourth-order valence-corrected chi connectivity index (χ4v) is 4.05. The Balaban J connectivity index is 1.47. The maximum absolute atomic E-state index is 4.81. The molecule has 0 unspecified atom stereocenters. The number of hydrogen-bond donors (Lipinski definition) is 1. The second-order valence-corrected chi connectivity index (χ2v) is 7.67. The van der Waals surface area contributed by atoms with Crippen LogP contribution in [-0.2, 0) is 6.42 Å². The summed E-state index contributed by atoms with van der Waals surface area (Å²) < 4.78 is 0. The third kappa shape index (κ3) is 4.24. The molecule has 7 heteroatoms. The summed E-state index contributed by atoms with van der Waals surface area (Å²) in [5.41, 5.74) is 2.96. The summed E-state index contributed by atoms with van der Waals surface area (Å²) in [6.45, 7) is 6.11. The summed E-state index contributed by atoms with van der Waals surface area (Å²) in [6, 6.07) is 8.43. The summed E-state index contributed by atoms with van der Waals surface area (Å²) in [4.78, 5) is 20.8. The van der Waals surface area contributed by atoms with E-state index in [0.29, 0.717) is 11.9 Å². The summed E-state index contributed by atoms with van der Waals surface area (Å²) in [5, 5.41) is 6.69. The van der Waals surface area contributed by atoms with E-state index in [0.717, 1.165) is 60.4 Å². The first kappa shape index (κ1) is 17.9. The molecule has 1 aliphatic heterocycles. The van der Waals surface area contributed by atoms with Crippen molar-refractivity contribution in [1.29, 1.82) is 0 Å². The average Bonchev–Trinajstić information content (AvgIpc) is 3.13. The highest BCUT2D eigenvalue weighted by Gasteiger charge is 2.22. The van der Waals surface area contributed by atoms with Gasteiger partial charge in [0.05, 0.1) is 5.69 Å². The number of rotatable bonds is 5. The van der Waals surface area contributed by atoms with Gasteiger partial charge in [0.2, 0.25) is 0 Å². The van der Waals surface area contributed by atoms with Crippen LogP contribution in [0.25, 0.3) is 11.5 Å². The second-order valence-electron chi connectivity index (χ2n) is 6.81. The van der Waals surface area contributed by atoms with Gasteiger partial charge in [0, 0.05) is 42.5 Å². The van der Waals surface area contributed by atoms with E-state index in [2.05, 4.69) is 43.5 Å². The van der Waals surface area contributed by atoms with Gasteiger partial charge in [0.15, 0.2) is 11.0 Å². The monoisotopic (exact) mass is 380 g/mol. The Morgan fingerprint density at radius 3 is 2.70 bits per heavy atom. The maximum atomic E-state index is 4.81. The van der Waals surface area contributed by atoms with Crippen LogP contribution in [0.3, 0.4) is 0 Å². The molecule has 0 aromatic carbocycles. The van der Waals surface area contributed by atoms with Crippen molar-refractivity contribution < 1.29 is 0 Å². The molecule has 0 amide bonds. The van der Waals surface area contributed by atoms with Crippen LogP contribution in [0.15, 0.2) is 35.8 Å². The number of aryl methyl sites for hydroxylation is 2. The van der Waals surface area contributed by atoms with Crippen molar-refractivity contribution in [3.63, 3.8) is 0 Å². The van der Waals surface area contributed by atoms with E-state index in [1.165, 1.54) is 0 Å². The van der Waals surface area contributed by atoms with Crippen LogP contribution in [0.2, 0.25) is 0 Å². The third-order valence-corrected chi connectivity index (χ3v) is 5.68. The largest absolute Gasteiger partial charge is 0.359 e. The van der Waals surface area contributed by atoms with Gasteiger partial charge < -0.3 is 10.2 Å². The van der Waals surface area contributed by atoms with Crippen molar-refractivity contribution in [2.45, 2.75) is 39.2 Å². The Morgan fingerprint density at radius 2 is 2.04 bits per heavy atom. The van der Waals surface area contributed by atoms with Crippen LogP contribution < -0.4 is 10.2 Å². The van der Waals surface area contributed by atoms with E-state index in [4.69, 9.17) is 4.98 Å². The zero-order chi connectivity index (χ0) is 18.6. The minimum absolute atomic E-state index is 0.467. The van der Waals surface area contributed by atoms with E-state index < -0.39 is 0 Å². The summed E-state index contributed by atoms with van der Waals surface area (Å²) >= 11 is 1.68. The Bertz CT molecular complexity index is 886. The zero-order valence-electron chi connectivity index (χ0n) is 15.7. The number of anilines is 2. The molecule has 0 spiro atoms. The number of thiazole rings is 1. The van der Waals surface area contributed by atoms with E-state index >= 15 is 0 Å². The molecule has 140 valence electrons. The quantitative estimate of drug-likeness (QED) is 0.723. The van der Waals surface area contributed by atoms with Crippen molar-refractivity contribution in [3.8, 4) is 11.5 Å². The molecule has 0 bridgehead atoms. The topological polar surface area (TPSA) is 66.8 Å². The van der Waals surface area contributed by atoms with Gasteiger partial charge in [0.25, 0.3) is 0 Å². The van der Waals surface area contributed by atoms with Crippen molar-refractivity contribution in [2.24, 2.45) is 0 Å². The molecule has 0 radical (unpaired) electrons. The molecule has 3 aromatic rings. The number of nitrogens with zero attached hydrogens (tertiary/aromatic N) is 5. The molecular formula is C20H24N6S. The van der Waals surface area contributed by atoms with Crippen LogP contribution in [0.4, 0.5) is 10.9 Å². The predicted molar refractivity (Wildman–Crippen MR) is 110 cm³/mol. The molecule has 0 aliphatic carbocycles. The van der Waals surface area contributed by atoms with Gasteiger partial charge in [-0.05, 0) is 38.3 Å². The molecule has 1 N–H and O–H groups in total. The van der Waals surface area contributed by atoms with Crippen LogP contribution in [-0.4, -0.2) is 39.1 Å². The van der Waals surface area contributed by atoms with Crippen molar-refractivity contribution in [3.05, 3.63) is 47.2 Å². The molecule has 4 heterocycles. The molecule has 1 saturated heterocycles. The first-order valence-corrected chi connectivity index (χ1v) is 10.3. The molecule has 3 aromatic heterocycles. The van der Waals surface area contributed by atoms with Gasteiger partial charge in [-0.1, -0.05) is 13.0 Å². The molecule has 1 fully saturated rings. The number of nitrogens with one attached hydrogen (secondary N) is 1. The fourth-order valence-electron chi connectivity index (χ4n) is 3.28. The van der Waals surface area contributed by atoms with Gasteiger partial charge in [-0.3, -0.25) is 4.98 Å². The molecule has 6 nitrogen and oxygen atoms in total. The minimum Gasteiger partial charge on any atom is -0.359 e. The number of piperidine rings is 1. The summed E-state index contributed by atoms with van der Waals surface area (Å²) in [6.07, 6.45) is 4.82. The SMILES string of the molecule is CCc1cc(N2CCC(Nc3nc(C)cs3)CC2)nc(-c2ccccn2)n1. The third-order valence-electron chi connectivity index (χ3n) is 4.79. The van der Waals surface area contributed by atoms with Crippen LogP contribution >= 0.6 is 11.3 Å². The highest BCUT2D eigenvalue weighted by atomic mass is 32.1. The van der Waals surface area contributed by atoms with E-state index in [-0.39, 0.29) is 0 Å². The molecule has 0 saturated carbocycles. The number of pyridine rings is 1. The normalized spacial score (nSPS) is 15.1. The van der Waals surface area contributed by atoms with Crippen LogP contribution in [0.5, 0.6) is 0 Å². The Morgan fingerprint density at radius 1 is 1.19 bits per heavy atom. The maximum Gasteiger partial charge on any atom is 0.183 e. The van der Waals surface area contributed by atoms with E-state index in [9.17, 15) is 0 Å². The summed E-state index contributed by atoms with van der Waals surface area (Å²) in [7, 11) is 0. The molecule has 1 aliphatic rings. The van der Waals surface area contributed by atoms with Crippen molar-refractivity contribution in [2.75, 3.05) is 23.3 Å². The van der Waals surface area contributed by atoms with Crippen molar-refractivity contribution >= 4 is 22.3 Å². The Hall–Kier alpha value is -2.54. The van der Waals surface area contributed by atoms with Crippen LogP contribution in [0.1, 0.15) is 31.2 Å². The molecule has 4 rings (SSSR count). The van der Waals surface area contributed by atoms with E-state index in [1.807, 2.05) is 25.1 Å². The minimum atomic E-state index is 0.467. The first-order chi connectivity index (χ1) is 13.2. The fraction of sp³-hybridized carbons (Fsp3) is 0.400. The molecule has 0 atom stereocenters. The number of aromatic nitrogens is 4. The second kappa shape index (κ2) is 8.00. The van der Waals surface area contributed by atoms with Gasteiger partial charge in [-0.15, -0.1) is 11.3 Å². The highest BCUT2D eigenvalue weighted by Crippen LogP contribution is 2.24. The highest BCUT2D eigenvalue weighted by molar-refractivity contribution is 7.13. The average molecular weight is 381 g/mol. The number of hydrogen-bond acceptors (Lipinski definition) is 7. The van der Waals surface area contributed by atoms with Gasteiger partial charge in [0.1, 0.15) is 11.5 Å². The van der Waals surface area contributed by atoms with Crippen molar-refractivity contribution in [1.82, 2.24) is 19.9 Å². The lowest BCUT2D eigenvalue weighted by Crippen LogP contribution is -2.39. The predicted octanol–water partition coefficient (Wildman–Crippen LogP) is 3.95. The van der Waals surface area contributed by atoms with E-state index in [1.54, 1.807) is 17.5 Å². The van der Waals surface area contributed by atoms with Gasteiger partial charge >= 0.3 is 0 Å². The molecule has 27 heavy (non-hydrogen) atoms. The Labute approximate surface area is 163 Å². The summed E-state index contributed by atoms with van der Waals surface area (Å²) in [5.74, 6) is 1.72. The van der Waals surface area contributed by atoms with Crippen LogP contribution in [0, 0.1) is 6.92 Å². The lowest BCUT2D eigenvalue weighted by Gasteiger charge is -2.33. The lowest BCUT2D eigenvalue weighted by atomic mass is 10.1. The molecular weight excluding hydrogens is 356 g/mol. The zero-order valence-corrected chi connectivity index (χ0v) is 16.5.